The predicted molar refractivity (Wildman–Crippen MR) is 115 cm³/mol. The number of hydrogen-bond donors (Lipinski definition) is 2. The fourth-order valence-corrected chi connectivity index (χ4v) is 4.69. The molecule has 15 heteroatoms. The number of fused-ring (bicyclic) bond motifs is 1. The molecule has 0 aliphatic heterocycles. The maximum atomic E-state index is 12.6. The number of ether oxygens (including phenoxy) is 1. The number of nitrogens with zero attached hydrogens (tertiary/aromatic N) is 3. The van der Waals surface area contributed by atoms with E-state index in [0.717, 1.165) is 23.9 Å². The Morgan fingerprint density at radius 3 is 2.72 bits per heavy atom. The molecule has 1 heterocycles. The van der Waals surface area contributed by atoms with E-state index in [4.69, 9.17) is 16.3 Å². The Kier molecular flexibility index (Phi) is 6.98. The second kappa shape index (κ2) is 9.52. The van der Waals surface area contributed by atoms with Crippen LogP contribution in [-0.4, -0.2) is 46.6 Å². The van der Waals surface area contributed by atoms with Gasteiger partial charge in [-0.05, 0) is 25.1 Å². The largest absolute Gasteiger partial charge is 0.454 e. The summed E-state index contributed by atoms with van der Waals surface area (Å²) < 4.78 is 40.2. The molecular weight excluding hydrogens is 486 g/mol. The van der Waals surface area contributed by atoms with Gasteiger partial charge < -0.3 is 10.1 Å². The highest BCUT2D eigenvalue weighted by molar-refractivity contribution is 7.89. The molecule has 3 rings (SSSR count). The summed E-state index contributed by atoms with van der Waals surface area (Å²) in [5.74, 6) is -1.77. The topological polar surface area (TPSA) is 170 Å². The van der Waals surface area contributed by atoms with Gasteiger partial charge in [0, 0.05) is 12.1 Å². The van der Waals surface area contributed by atoms with E-state index in [2.05, 4.69) is 18.8 Å². The Labute approximate surface area is 190 Å². The van der Waals surface area contributed by atoms with Crippen LogP contribution in [0.15, 0.2) is 41.3 Å². The van der Waals surface area contributed by atoms with E-state index in [1.165, 1.54) is 25.1 Å². The number of esters is 1. The van der Waals surface area contributed by atoms with Crippen LogP contribution in [0.25, 0.3) is 11.0 Å². The Morgan fingerprint density at radius 2 is 2.03 bits per heavy atom. The first-order chi connectivity index (χ1) is 15.1. The number of non-ortho nitro benzene ring substituents is 1. The number of nitro benzene ring substituents is 1. The van der Waals surface area contributed by atoms with Gasteiger partial charge in [0.05, 0.1) is 27.4 Å². The van der Waals surface area contributed by atoms with Crippen molar-refractivity contribution in [2.24, 2.45) is 0 Å². The lowest BCUT2D eigenvalue weighted by atomic mass is 10.3. The minimum Gasteiger partial charge on any atom is -0.454 e. The van der Waals surface area contributed by atoms with Crippen LogP contribution < -0.4 is 10.0 Å². The van der Waals surface area contributed by atoms with Crippen molar-refractivity contribution in [3.8, 4) is 0 Å². The van der Waals surface area contributed by atoms with Gasteiger partial charge in [-0.25, -0.2) is 8.42 Å². The summed E-state index contributed by atoms with van der Waals surface area (Å²) in [5.41, 5.74) is 0.390. The first-order valence-electron chi connectivity index (χ1n) is 8.72. The number of halogens is 1. The Morgan fingerprint density at radius 1 is 1.28 bits per heavy atom. The maximum absolute atomic E-state index is 12.6. The van der Waals surface area contributed by atoms with Crippen LogP contribution in [0.4, 0.5) is 11.4 Å². The summed E-state index contributed by atoms with van der Waals surface area (Å²) in [6.45, 7) is 0.522. The lowest BCUT2D eigenvalue weighted by Crippen LogP contribution is -2.40. The van der Waals surface area contributed by atoms with Crippen molar-refractivity contribution in [3.05, 3.63) is 51.5 Å². The van der Waals surface area contributed by atoms with Crippen LogP contribution in [0, 0.1) is 10.1 Å². The van der Waals surface area contributed by atoms with Gasteiger partial charge in [-0.1, -0.05) is 17.7 Å². The lowest BCUT2D eigenvalue weighted by molar-refractivity contribution is -0.384. The van der Waals surface area contributed by atoms with Crippen molar-refractivity contribution in [2.45, 2.75) is 17.9 Å². The number of rotatable bonds is 8. The number of aromatic nitrogens is 2. The molecule has 32 heavy (non-hydrogen) atoms. The average molecular weight is 500 g/mol. The molecule has 1 atom stereocenters. The number of carbonyl (C=O) groups excluding carboxylic acids is 2. The molecule has 0 saturated heterocycles. The lowest BCUT2D eigenvalue weighted by Gasteiger charge is -2.14. The summed E-state index contributed by atoms with van der Waals surface area (Å²) in [4.78, 5) is 34.1. The molecule has 2 N–H and O–H groups in total. The monoisotopic (exact) mass is 499 g/mol. The first-order valence-corrected chi connectivity index (χ1v) is 11.3. The van der Waals surface area contributed by atoms with Gasteiger partial charge >= 0.3 is 5.97 Å². The second-order valence-electron chi connectivity index (χ2n) is 6.31. The zero-order valence-corrected chi connectivity index (χ0v) is 18.5. The number of carbonyl (C=O) groups is 2. The second-order valence-corrected chi connectivity index (χ2v) is 8.93. The Bertz CT molecular complexity index is 1310. The molecule has 0 saturated carbocycles. The van der Waals surface area contributed by atoms with Crippen LogP contribution in [0.3, 0.4) is 0 Å². The molecule has 0 aliphatic carbocycles. The SMILES string of the molecule is C[C@H](NS(=O)(=O)c1cccc2nsnc12)C(=O)OCC(=O)Nc1ccc([N+](=O)[O-])cc1Cl. The van der Waals surface area contributed by atoms with E-state index < -0.39 is 39.5 Å². The highest BCUT2D eigenvalue weighted by Crippen LogP contribution is 2.26. The number of nitro groups is 1. The summed E-state index contributed by atoms with van der Waals surface area (Å²) in [6, 6.07) is 6.54. The summed E-state index contributed by atoms with van der Waals surface area (Å²) in [6.07, 6.45) is 0. The Hall–Kier alpha value is -3.20. The van der Waals surface area contributed by atoms with E-state index in [-0.39, 0.29) is 26.8 Å². The third-order valence-corrected chi connectivity index (χ3v) is 6.43. The Balaban J connectivity index is 1.58. The molecule has 0 fully saturated rings. The van der Waals surface area contributed by atoms with Gasteiger partial charge in [0.15, 0.2) is 6.61 Å². The van der Waals surface area contributed by atoms with Crippen LogP contribution in [0.2, 0.25) is 5.02 Å². The molecule has 12 nitrogen and oxygen atoms in total. The highest BCUT2D eigenvalue weighted by atomic mass is 35.5. The number of sulfonamides is 1. The highest BCUT2D eigenvalue weighted by Gasteiger charge is 2.26. The van der Waals surface area contributed by atoms with E-state index in [9.17, 15) is 28.1 Å². The van der Waals surface area contributed by atoms with Crippen molar-refractivity contribution in [1.82, 2.24) is 13.5 Å². The third-order valence-electron chi connectivity index (χ3n) is 4.01. The number of benzene rings is 2. The summed E-state index contributed by atoms with van der Waals surface area (Å²) >= 11 is 6.73. The molecule has 0 spiro atoms. The van der Waals surface area contributed by atoms with Crippen molar-refractivity contribution < 1.29 is 27.7 Å². The molecule has 0 bridgehead atoms. The van der Waals surface area contributed by atoms with E-state index in [1.54, 1.807) is 6.07 Å². The normalized spacial score (nSPS) is 12.3. The molecule has 0 unspecified atom stereocenters. The standard InChI is InChI=1S/C17H14ClN5O7S2/c1-9(22-32(28,29)14-4-2-3-13-16(14)21-31-20-13)17(25)30-8-15(24)19-12-6-5-10(23(26)27)7-11(12)18/h2-7,9,22H,8H2,1H3,(H,19,24)/t9-/m0/s1. The molecule has 168 valence electrons. The van der Waals surface area contributed by atoms with Crippen LogP contribution in [0.5, 0.6) is 0 Å². The van der Waals surface area contributed by atoms with Crippen molar-refractivity contribution in [2.75, 3.05) is 11.9 Å². The van der Waals surface area contributed by atoms with Crippen molar-refractivity contribution >= 4 is 67.6 Å². The molecule has 1 amide bonds. The zero-order chi connectivity index (χ0) is 23.5. The smallest absolute Gasteiger partial charge is 0.324 e. The predicted octanol–water partition coefficient (Wildman–Crippen LogP) is 2.10. The van der Waals surface area contributed by atoms with E-state index in [0.29, 0.717) is 5.52 Å². The third kappa shape index (κ3) is 5.34. The van der Waals surface area contributed by atoms with Crippen LogP contribution >= 0.6 is 23.3 Å². The van der Waals surface area contributed by atoms with Gasteiger partial charge in [0.1, 0.15) is 22.0 Å². The minimum atomic E-state index is -4.12. The average Bonchev–Trinajstić information content (AvgIpc) is 3.21. The quantitative estimate of drug-likeness (QED) is 0.267. The fraction of sp³-hybridized carbons (Fsp3) is 0.176. The first kappa shape index (κ1) is 23.5. The summed E-state index contributed by atoms with van der Waals surface area (Å²) in [5, 5.41) is 13.0. The number of amides is 1. The minimum absolute atomic E-state index is 0.0780. The van der Waals surface area contributed by atoms with Crippen molar-refractivity contribution in [3.63, 3.8) is 0 Å². The van der Waals surface area contributed by atoms with E-state index >= 15 is 0 Å². The molecule has 3 aromatic rings. The maximum Gasteiger partial charge on any atom is 0.324 e. The number of anilines is 1. The van der Waals surface area contributed by atoms with Gasteiger partial charge in [-0.15, -0.1) is 0 Å². The van der Waals surface area contributed by atoms with Gasteiger partial charge in [0.25, 0.3) is 11.6 Å². The molecule has 2 aromatic carbocycles. The fourth-order valence-electron chi connectivity index (χ4n) is 2.51. The van der Waals surface area contributed by atoms with Crippen LogP contribution in [0.1, 0.15) is 6.92 Å². The molecular formula is C17H14ClN5O7S2. The van der Waals surface area contributed by atoms with Gasteiger partial charge in [-0.2, -0.15) is 13.5 Å². The molecule has 1 aromatic heterocycles. The molecule has 0 radical (unpaired) electrons. The zero-order valence-electron chi connectivity index (χ0n) is 16.1. The number of nitrogens with one attached hydrogen (secondary N) is 2. The summed E-state index contributed by atoms with van der Waals surface area (Å²) in [7, 11) is -4.12. The van der Waals surface area contributed by atoms with Gasteiger partial charge in [-0.3, -0.25) is 19.7 Å². The van der Waals surface area contributed by atoms with Gasteiger partial charge in [0.2, 0.25) is 10.0 Å². The van der Waals surface area contributed by atoms with Crippen LogP contribution in [-0.2, 0) is 24.3 Å². The molecule has 0 aliphatic rings. The van der Waals surface area contributed by atoms with E-state index in [1.807, 2.05) is 0 Å². The van der Waals surface area contributed by atoms with Crippen molar-refractivity contribution in [1.29, 1.82) is 0 Å². The number of hydrogen-bond acceptors (Lipinski definition) is 10.